The first-order chi connectivity index (χ1) is 21.7. The molecule has 2 rings (SSSR count). The van der Waals surface area contributed by atoms with Gasteiger partial charge in [-0.25, -0.2) is 4.68 Å². The van der Waals surface area contributed by atoms with Gasteiger partial charge in [-0.05, 0) is 44.9 Å². The van der Waals surface area contributed by atoms with Crippen molar-refractivity contribution >= 4 is 5.78 Å². The van der Waals surface area contributed by atoms with Gasteiger partial charge in [0.1, 0.15) is 18.4 Å². The number of carbonyl (C=O) groups excluding carboxylic acids is 1. The molecule has 0 bridgehead atoms. The highest BCUT2D eigenvalue weighted by Crippen LogP contribution is 2.33. The van der Waals surface area contributed by atoms with Crippen molar-refractivity contribution < 1.29 is 9.53 Å². The Balaban J connectivity index is 2.09. The van der Waals surface area contributed by atoms with E-state index in [0.29, 0.717) is 11.8 Å². The first kappa shape index (κ1) is 39.0. The van der Waals surface area contributed by atoms with Crippen molar-refractivity contribution in [1.82, 2.24) is 15.0 Å². The number of rotatable bonds is 28. The number of ketones is 1. The van der Waals surface area contributed by atoms with Gasteiger partial charge in [-0.1, -0.05) is 168 Å². The van der Waals surface area contributed by atoms with E-state index in [1.165, 1.54) is 153 Å². The van der Waals surface area contributed by atoms with Gasteiger partial charge in [0.05, 0.1) is 11.7 Å². The Hall–Kier alpha value is -1.23. The maximum absolute atomic E-state index is 13.6. The molecule has 0 aliphatic heterocycles. The van der Waals surface area contributed by atoms with Crippen LogP contribution >= 0.6 is 0 Å². The summed E-state index contributed by atoms with van der Waals surface area (Å²) in [6.45, 7) is 9.34. The first-order valence-electron chi connectivity index (χ1n) is 19.7. The Morgan fingerprint density at radius 2 is 1.18 bits per heavy atom. The Morgan fingerprint density at radius 1 is 0.682 bits per heavy atom. The average molecular weight is 616 g/mol. The van der Waals surface area contributed by atoms with Crippen molar-refractivity contribution in [2.75, 3.05) is 6.61 Å². The van der Waals surface area contributed by atoms with Gasteiger partial charge in [0.15, 0.2) is 5.78 Å². The SMILES string of the molecule is CCCCCCCC(CCCCCC)C(=O)COC1CCCCCc2c1nnn2C(CCCCCCC)CCCCCCC. The summed E-state index contributed by atoms with van der Waals surface area (Å²) in [5.41, 5.74) is 2.35. The summed E-state index contributed by atoms with van der Waals surface area (Å²) in [4.78, 5) is 13.6. The second kappa shape index (κ2) is 25.9. The molecule has 1 aromatic heterocycles. The minimum atomic E-state index is -0.0944. The summed E-state index contributed by atoms with van der Waals surface area (Å²) in [7, 11) is 0. The predicted molar refractivity (Wildman–Crippen MR) is 187 cm³/mol. The van der Waals surface area contributed by atoms with E-state index >= 15 is 0 Å². The zero-order chi connectivity index (χ0) is 31.7. The lowest BCUT2D eigenvalue weighted by Crippen LogP contribution is -2.23. The van der Waals surface area contributed by atoms with Crippen LogP contribution in [0.15, 0.2) is 0 Å². The summed E-state index contributed by atoms with van der Waals surface area (Å²) < 4.78 is 8.86. The third-order valence-electron chi connectivity index (χ3n) is 10.1. The summed E-state index contributed by atoms with van der Waals surface area (Å²) in [6, 6.07) is 0.441. The molecule has 0 amide bonds. The van der Waals surface area contributed by atoms with Crippen molar-refractivity contribution in [3.63, 3.8) is 0 Å². The number of ether oxygens (including phenoxy) is 1. The van der Waals surface area contributed by atoms with Gasteiger partial charge in [0, 0.05) is 5.92 Å². The summed E-state index contributed by atoms with van der Waals surface area (Å²) in [5, 5.41) is 9.67. The first-order valence-corrected chi connectivity index (χ1v) is 19.7. The number of nitrogens with zero attached hydrogens (tertiary/aromatic N) is 3. The van der Waals surface area contributed by atoms with Crippen molar-refractivity contribution in [2.24, 2.45) is 5.92 Å². The molecule has 5 heteroatoms. The van der Waals surface area contributed by atoms with E-state index in [1.807, 2.05) is 0 Å². The van der Waals surface area contributed by atoms with Crippen LogP contribution in [0.5, 0.6) is 0 Å². The number of hydrogen-bond acceptors (Lipinski definition) is 4. The van der Waals surface area contributed by atoms with E-state index in [9.17, 15) is 4.79 Å². The number of Topliss-reactive ketones (excluding diaryl/α,β-unsaturated/α-hetero) is 1. The van der Waals surface area contributed by atoms with E-state index < -0.39 is 0 Å². The third-order valence-corrected chi connectivity index (χ3v) is 10.1. The lowest BCUT2D eigenvalue weighted by atomic mass is 9.91. The molecule has 0 aromatic carbocycles. The van der Waals surface area contributed by atoms with Gasteiger partial charge in [0.2, 0.25) is 0 Å². The van der Waals surface area contributed by atoms with E-state index in [-0.39, 0.29) is 18.6 Å². The molecule has 0 N–H and O–H groups in total. The average Bonchev–Trinajstić information content (AvgIpc) is 3.42. The molecule has 0 radical (unpaired) electrons. The van der Waals surface area contributed by atoms with E-state index in [1.54, 1.807) is 0 Å². The van der Waals surface area contributed by atoms with E-state index in [2.05, 4.69) is 32.4 Å². The number of hydrogen-bond donors (Lipinski definition) is 0. The van der Waals surface area contributed by atoms with Crippen molar-refractivity contribution in [3.05, 3.63) is 11.4 Å². The molecule has 0 saturated heterocycles. The molecule has 5 nitrogen and oxygen atoms in total. The molecule has 0 saturated carbocycles. The summed E-state index contributed by atoms with van der Waals surface area (Å²) in [6.07, 6.45) is 34.3. The molecule has 256 valence electrons. The quantitative estimate of drug-likeness (QED) is 0.0880. The highest BCUT2D eigenvalue weighted by Gasteiger charge is 2.28. The van der Waals surface area contributed by atoms with Crippen LogP contribution in [0.4, 0.5) is 0 Å². The molecule has 0 fully saturated rings. The zero-order valence-electron chi connectivity index (χ0n) is 29.9. The van der Waals surface area contributed by atoms with Crippen LogP contribution in [0, 0.1) is 5.92 Å². The molecule has 1 aromatic rings. The predicted octanol–water partition coefficient (Wildman–Crippen LogP) is 12.2. The summed E-state index contributed by atoms with van der Waals surface area (Å²) in [5.74, 6) is 0.479. The topological polar surface area (TPSA) is 57.0 Å². The zero-order valence-corrected chi connectivity index (χ0v) is 29.9. The minimum Gasteiger partial charge on any atom is -0.364 e. The lowest BCUT2D eigenvalue weighted by molar-refractivity contribution is -0.130. The van der Waals surface area contributed by atoms with Gasteiger partial charge >= 0.3 is 0 Å². The second-order valence-corrected chi connectivity index (χ2v) is 14.0. The highest BCUT2D eigenvalue weighted by molar-refractivity contribution is 5.82. The maximum Gasteiger partial charge on any atom is 0.161 e. The Bertz CT molecular complexity index is 808. The standard InChI is InChI=1S/C39H73N3O2/c1-5-9-13-17-22-28-34(27-21-16-12-8-4)37(43)33-44-38-32-26-20-25-31-36-39(38)40-41-42(36)35(29-23-18-14-10-6-2)30-24-19-15-11-7-3/h34-35,38H,5-33H2,1-4H3. The Morgan fingerprint density at radius 3 is 1.73 bits per heavy atom. The lowest BCUT2D eigenvalue weighted by Gasteiger charge is -2.24. The van der Waals surface area contributed by atoms with Gasteiger partial charge in [0.25, 0.3) is 0 Å². The molecule has 1 aliphatic carbocycles. The second-order valence-electron chi connectivity index (χ2n) is 14.0. The normalized spacial score (nSPS) is 16.2. The fourth-order valence-corrected chi connectivity index (χ4v) is 7.14. The van der Waals surface area contributed by atoms with Crippen LogP contribution in [0.1, 0.15) is 225 Å². The van der Waals surface area contributed by atoms with Gasteiger partial charge in [-0.2, -0.15) is 0 Å². The molecule has 44 heavy (non-hydrogen) atoms. The van der Waals surface area contributed by atoms with Crippen molar-refractivity contribution in [1.29, 1.82) is 0 Å². The smallest absolute Gasteiger partial charge is 0.161 e. The third kappa shape index (κ3) is 15.9. The van der Waals surface area contributed by atoms with Crippen LogP contribution in [0.2, 0.25) is 0 Å². The van der Waals surface area contributed by atoms with E-state index in [0.717, 1.165) is 37.8 Å². The monoisotopic (exact) mass is 616 g/mol. The molecular weight excluding hydrogens is 542 g/mol. The molecule has 2 atom stereocenters. The van der Waals surface area contributed by atoms with Gasteiger partial charge < -0.3 is 4.74 Å². The largest absolute Gasteiger partial charge is 0.364 e. The van der Waals surface area contributed by atoms with Gasteiger partial charge in [-0.3, -0.25) is 4.79 Å². The van der Waals surface area contributed by atoms with Crippen LogP contribution in [0.25, 0.3) is 0 Å². The molecule has 1 heterocycles. The molecule has 0 spiro atoms. The fraction of sp³-hybridized carbons (Fsp3) is 0.923. The molecule has 1 aliphatic rings. The maximum atomic E-state index is 13.6. The number of carbonyl (C=O) groups is 1. The highest BCUT2D eigenvalue weighted by atomic mass is 16.5. The summed E-state index contributed by atoms with van der Waals surface area (Å²) >= 11 is 0. The Labute approximate surface area is 273 Å². The Kier molecular flexibility index (Phi) is 22.9. The van der Waals surface area contributed by atoms with Gasteiger partial charge in [-0.15, -0.1) is 5.10 Å². The fourth-order valence-electron chi connectivity index (χ4n) is 7.14. The van der Waals surface area contributed by atoms with E-state index in [4.69, 9.17) is 15.0 Å². The van der Waals surface area contributed by atoms with Crippen molar-refractivity contribution in [2.45, 2.75) is 220 Å². The molecule has 2 unspecified atom stereocenters. The number of aromatic nitrogens is 3. The number of unbranched alkanes of at least 4 members (excludes halogenated alkanes) is 15. The number of fused-ring (bicyclic) bond motifs is 1. The van der Waals surface area contributed by atoms with Crippen LogP contribution in [-0.2, 0) is 16.0 Å². The molecular formula is C39H73N3O2. The minimum absolute atomic E-state index is 0.0944. The van der Waals surface area contributed by atoms with Crippen LogP contribution in [-0.4, -0.2) is 27.4 Å². The van der Waals surface area contributed by atoms with Crippen molar-refractivity contribution in [3.8, 4) is 0 Å². The van der Waals surface area contributed by atoms with Crippen LogP contribution in [0.3, 0.4) is 0 Å². The van der Waals surface area contributed by atoms with Crippen LogP contribution < -0.4 is 0 Å².